The summed E-state index contributed by atoms with van der Waals surface area (Å²) in [5.41, 5.74) is 7.61. The average molecular weight is 1370 g/mol. The smallest absolute Gasteiger partial charge is 0.428 e. The van der Waals surface area contributed by atoms with Gasteiger partial charge in [0.05, 0.1) is 22.3 Å². The molecular weight excluding hydrogens is 1290 g/mol. The third-order valence-corrected chi connectivity index (χ3v) is 20.2. The van der Waals surface area contributed by atoms with E-state index in [2.05, 4.69) is 0 Å². The Kier molecular flexibility index (Phi) is 23.1. The molecule has 4 fully saturated rings. The fraction of sp³-hybridized carbons (Fsp3) is 0.309. The Morgan fingerprint density at radius 2 is 0.376 bits per heavy atom. The minimum absolute atomic E-state index is 0.0193. The van der Waals surface area contributed by atoms with E-state index in [0.717, 1.165) is 44.5 Å². The fourth-order valence-electron chi connectivity index (χ4n) is 15.5. The molecule has 0 spiro atoms. The lowest BCUT2D eigenvalue weighted by molar-refractivity contribution is -0.213. The van der Waals surface area contributed by atoms with E-state index < -0.39 is 78.3 Å². The molecular formula is C81H76O20. The molecule has 4 aliphatic carbocycles. The molecule has 0 unspecified atom stereocenters. The Hall–Kier alpha value is -11.3. The van der Waals surface area contributed by atoms with Gasteiger partial charge in [0.1, 0.15) is 24.4 Å². The summed E-state index contributed by atoms with van der Waals surface area (Å²) in [4.78, 5) is 145. The van der Waals surface area contributed by atoms with Crippen LogP contribution >= 0.6 is 0 Å². The maximum atomic E-state index is 13.3. The van der Waals surface area contributed by atoms with Gasteiger partial charge in [0.15, 0.2) is 0 Å². The summed E-state index contributed by atoms with van der Waals surface area (Å²) in [5, 5.41) is 0. The van der Waals surface area contributed by atoms with Gasteiger partial charge < -0.3 is 18.9 Å². The first-order valence-electron chi connectivity index (χ1n) is 34.3. The maximum Gasteiger partial charge on any atom is 0.550 e. The van der Waals surface area contributed by atoms with Crippen molar-refractivity contribution in [3.05, 3.63) is 241 Å². The Morgan fingerprint density at radius 3 is 0.554 bits per heavy atom. The van der Waals surface area contributed by atoms with Crippen molar-refractivity contribution in [2.45, 2.75) is 127 Å². The van der Waals surface area contributed by atoms with E-state index in [9.17, 15) is 38.4 Å². The van der Waals surface area contributed by atoms with Gasteiger partial charge >= 0.3 is 48.5 Å². The van der Waals surface area contributed by atoms with Gasteiger partial charge in [-0.3, -0.25) is 0 Å². The summed E-state index contributed by atoms with van der Waals surface area (Å²) in [5.74, 6) is -3.42. The molecule has 0 aromatic heterocycles. The van der Waals surface area contributed by atoms with E-state index in [0.29, 0.717) is 103 Å². The van der Waals surface area contributed by atoms with Gasteiger partial charge in [-0.05, 0) is 225 Å². The molecule has 8 aromatic carbocycles. The minimum Gasteiger partial charge on any atom is -0.428 e. The van der Waals surface area contributed by atoms with E-state index in [4.69, 9.17) is 58.0 Å². The molecule has 4 aliphatic rings. The van der Waals surface area contributed by atoms with Crippen molar-refractivity contribution in [2.75, 3.05) is 0 Å². The van der Waals surface area contributed by atoms with E-state index in [1.807, 2.05) is 121 Å². The van der Waals surface area contributed by atoms with Gasteiger partial charge in [-0.25, -0.2) is 58.3 Å². The summed E-state index contributed by atoms with van der Waals surface area (Å²) in [6, 6.07) is 65.3. The Bertz CT molecular complexity index is 3540. The van der Waals surface area contributed by atoms with Gasteiger partial charge in [0.2, 0.25) is 0 Å². The third kappa shape index (κ3) is 18.0. The second kappa shape index (κ2) is 33.5. The molecule has 0 atom stereocenters. The number of carbonyl (C=O) groups excluding carboxylic acids is 8. The molecule has 0 aliphatic heterocycles. The molecule has 0 radical (unpaired) electrons. The lowest BCUT2D eigenvalue weighted by Gasteiger charge is -2.60. The molecule has 101 heavy (non-hydrogen) atoms. The normalized spacial score (nSPS) is 20.8. The first kappa shape index (κ1) is 69.6. The second-order valence-corrected chi connectivity index (χ2v) is 26.0. The predicted molar refractivity (Wildman–Crippen MR) is 365 cm³/mol. The van der Waals surface area contributed by atoms with Crippen LogP contribution in [0.2, 0.25) is 0 Å². The highest BCUT2D eigenvalue weighted by atomic mass is 17.3. The van der Waals surface area contributed by atoms with E-state index in [-0.39, 0.29) is 45.9 Å². The lowest BCUT2D eigenvalue weighted by Crippen LogP contribution is -2.54. The zero-order chi connectivity index (χ0) is 69.9. The van der Waals surface area contributed by atoms with Crippen LogP contribution in [-0.4, -0.2) is 72.9 Å². The molecule has 520 valence electrons. The first-order valence-corrected chi connectivity index (χ1v) is 34.3. The average Bonchev–Trinajstić information content (AvgIpc) is 0.732. The largest absolute Gasteiger partial charge is 0.550 e. The van der Waals surface area contributed by atoms with E-state index in [1.165, 1.54) is 0 Å². The monoisotopic (exact) mass is 1370 g/mol. The standard InChI is InChI=1S/C81H76O20/c82-73(61-29-21-57(22-30-61)53-13-5-1-6-14-53)94-98-77(86)90-69-45-37-65(38-46-69)81(66-39-47-70(48-40-66)91-78(87)99-95-74(83)62-31-23-58(24-32-62)54-15-7-2-8-16-54,67-41-49-71(50-42-67)92-79(88)100-96-75(84)63-33-25-59(26-34-63)55-17-9-3-10-18-55)68-43-51-72(52-44-68)93-80(89)101-97-76(85)64-35-27-60(28-36-64)56-19-11-4-12-20-56/h1-36,65-72H,37-52H2. The molecule has 0 N–H and O–H groups in total. The summed E-state index contributed by atoms with van der Waals surface area (Å²) >= 11 is 0. The highest BCUT2D eigenvalue weighted by Crippen LogP contribution is 2.63. The first-order chi connectivity index (χ1) is 49.3. The fourth-order valence-corrected chi connectivity index (χ4v) is 15.5. The van der Waals surface area contributed by atoms with Crippen molar-refractivity contribution >= 4 is 48.5 Å². The highest BCUT2D eigenvalue weighted by Gasteiger charge is 2.57. The Labute approximate surface area is 583 Å². The maximum absolute atomic E-state index is 13.3. The van der Waals surface area contributed by atoms with Crippen LogP contribution < -0.4 is 0 Å². The summed E-state index contributed by atoms with van der Waals surface area (Å²) in [6.45, 7) is 0. The summed E-state index contributed by atoms with van der Waals surface area (Å²) in [6.07, 6.45) is 1.43. The van der Waals surface area contributed by atoms with Crippen LogP contribution in [0.15, 0.2) is 218 Å². The summed E-state index contributed by atoms with van der Waals surface area (Å²) < 4.78 is 23.3. The van der Waals surface area contributed by atoms with Gasteiger partial charge in [-0.1, -0.05) is 170 Å². The van der Waals surface area contributed by atoms with Gasteiger partial charge in [0.25, 0.3) is 0 Å². The number of rotatable bonds is 16. The quantitative estimate of drug-likeness (QED) is 0.0377. The van der Waals surface area contributed by atoms with E-state index in [1.54, 1.807) is 97.1 Å². The molecule has 20 heteroatoms. The topological polar surface area (TPSA) is 247 Å². The van der Waals surface area contributed by atoms with Crippen LogP contribution in [0.3, 0.4) is 0 Å². The minimum atomic E-state index is -1.16. The number of hydrogen-bond donors (Lipinski definition) is 0. The lowest BCUT2D eigenvalue weighted by atomic mass is 9.45. The van der Waals surface area contributed by atoms with Gasteiger partial charge in [-0.15, -0.1) is 0 Å². The van der Waals surface area contributed by atoms with E-state index >= 15 is 0 Å². The second-order valence-electron chi connectivity index (χ2n) is 26.0. The molecule has 0 bridgehead atoms. The zero-order valence-electron chi connectivity index (χ0n) is 55.4. The van der Waals surface area contributed by atoms with Crippen LogP contribution in [0.1, 0.15) is 144 Å². The van der Waals surface area contributed by atoms with Crippen molar-refractivity contribution in [1.82, 2.24) is 0 Å². The van der Waals surface area contributed by atoms with Crippen LogP contribution in [0.25, 0.3) is 44.5 Å². The molecule has 0 saturated heterocycles. The molecule has 20 nitrogen and oxygen atoms in total. The molecule has 12 rings (SSSR count). The van der Waals surface area contributed by atoms with Crippen molar-refractivity contribution in [3.63, 3.8) is 0 Å². The number of benzene rings is 8. The van der Waals surface area contributed by atoms with Crippen LogP contribution in [0.4, 0.5) is 19.2 Å². The summed E-state index contributed by atoms with van der Waals surface area (Å²) in [7, 11) is 0. The predicted octanol–water partition coefficient (Wildman–Crippen LogP) is 18.6. The zero-order valence-corrected chi connectivity index (χ0v) is 55.4. The van der Waals surface area contributed by atoms with Crippen molar-refractivity contribution < 1.29 is 96.4 Å². The molecule has 4 saturated carbocycles. The molecule has 0 amide bonds. The number of hydrogen-bond acceptors (Lipinski definition) is 20. The van der Waals surface area contributed by atoms with Crippen LogP contribution in [0, 0.1) is 29.1 Å². The van der Waals surface area contributed by atoms with Crippen LogP contribution in [-0.2, 0) is 58.0 Å². The number of ether oxygens (including phenoxy) is 4. The van der Waals surface area contributed by atoms with Gasteiger partial charge in [-0.2, -0.15) is 19.2 Å². The molecule has 8 aromatic rings. The van der Waals surface area contributed by atoms with Crippen LogP contribution in [0.5, 0.6) is 0 Å². The Balaban J connectivity index is 0.722. The third-order valence-electron chi connectivity index (χ3n) is 20.2. The van der Waals surface area contributed by atoms with Crippen molar-refractivity contribution in [3.8, 4) is 44.5 Å². The molecule has 0 heterocycles. The highest BCUT2D eigenvalue weighted by molar-refractivity contribution is 5.92. The number of carbonyl (C=O) groups is 8. The van der Waals surface area contributed by atoms with Gasteiger partial charge in [0, 0.05) is 0 Å². The van der Waals surface area contributed by atoms with Crippen molar-refractivity contribution in [1.29, 1.82) is 0 Å². The SMILES string of the molecule is O=C(OOC(=O)c1ccc(-c2ccccc2)cc1)OC1CCC(C(C2CCC(OC(=O)OOC(=O)c3ccc(-c4ccccc4)cc3)CC2)(C2CCC(OC(=O)OOC(=O)c3ccc(-c4ccccc4)cc3)CC2)C2CCC(OC(=O)OOC(=O)c3ccc(-c4ccccc4)cc3)CC2)CC1. The van der Waals surface area contributed by atoms with Crippen molar-refractivity contribution in [2.24, 2.45) is 29.1 Å². The Morgan fingerprint density at radius 1 is 0.208 bits per heavy atom.